The van der Waals surface area contributed by atoms with Crippen LogP contribution in [0.15, 0.2) is 33.8 Å². The Bertz CT molecular complexity index is 1400. The largest absolute Gasteiger partial charge is 0.376 e. The van der Waals surface area contributed by atoms with Crippen LogP contribution >= 0.6 is 11.6 Å². The Morgan fingerprint density at radius 1 is 1.24 bits per heavy atom. The van der Waals surface area contributed by atoms with Gasteiger partial charge in [0.2, 0.25) is 5.82 Å². The number of imidazole rings is 1. The number of hydrogen-bond acceptors (Lipinski definition) is 7. The van der Waals surface area contributed by atoms with Gasteiger partial charge in [0.15, 0.2) is 0 Å². The number of fused-ring (bicyclic) bond motifs is 3. The number of para-hydroxylation sites is 1. The minimum Gasteiger partial charge on any atom is -0.376 e. The van der Waals surface area contributed by atoms with Crippen LogP contribution in [0.25, 0.3) is 28.1 Å². The van der Waals surface area contributed by atoms with Crippen molar-refractivity contribution in [2.45, 2.75) is 56.8 Å². The molecule has 6 rings (SSSR count). The van der Waals surface area contributed by atoms with Crippen LogP contribution in [0.3, 0.4) is 0 Å². The molecule has 0 spiro atoms. The lowest BCUT2D eigenvalue weighted by Gasteiger charge is -2.21. The summed E-state index contributed by atoms with van der Waals surface area (Å²) < 4.78 is 20.7. The van der Waals surface area contributed by atoms with Crippen molar-refractivity contribution in [3.8, 4) is 11.5 Å². The molecule has 1 aliphatic heterocycles. The fourth-order valence-electron chi connectivity index (χ4n) is 5.22. The molecule has 4 heterocycles. The van der Waals surface area contributed by atoms with E-state index in [1.165, 1.54) is 0 Å². The van der Waals surface area contributed by atoms with E-state index in [0.29, 0.717) is 40.8 Å². The third-order valence-electron chi connectivity index (χ3n) is 6.95. The highest BCUT2D eigenvalue weighted by Crippen LogP contribution is 2.41. The van der Waals surface area contributed by atoms with Crippen molar-refractivity contribution in [3.05, 3.63) is 45.8 Å². The fourth-order valence-corrected chi connectivity index (χ4v) is 5.49. The lowest BCUT2D eigenvalue weighted by atomic mass is 10.0. The molecule has 10 heteroatoms. The monoisotopic (exact) mass is 469 g/mol. The summed E-state index contributed by atoms with van der Waals surface area (Å²) in [6.45, 7) is 1.13. The molecule has 1 saturated carbocycles. The molecule has 9 nitrogen and oxygen atoms in total. The Hall–Kier alpha value is -2.75. The number of ether oxygens (including phenoxy) is 2. The average molecular weight is 470 g/mol. The summed E-state index contributed by atoms with van der Waals surface area (Å²) in [5.41, 5.74) is 1.42. The topological polar surface area (TPSA) is 96.7 Å². The first-order valence-corrected chi connectivity index (χ1v) is 11.7. The SMILES string of the molecule is COC1(c2nc(-c3ncn4c3c(=O)n(CC3CCCO3)c3c(Cl)cccc34)no2)CCCC1. The van der Waals surface area contributed by atoms with Gasteiger partial charge in [-0.3, -0.25) is 9.20 Å². The van der Waals surface area contributed by atoms with Crippen molar-refractivity contribution >= 4 is 28.2 Å². The first-order valence-electron chi connectivity index (χ1n) is 11.3. The second kappa shape index (κ2) is 7.93. The van der Waals surface area contributed by atoms with Gasteiger partial charge in [0.25, 0.3) is 11.4 Å². The molecule has 172 valence electrons. The molecule has 2 aliphatic rings. The van der Waals surface area contributed by atoms with Crippen LogP contribution in [0.2, 0.25) is 5.02 Å². The molecule has 1 atom stereocenters. The van der Waals surface area contributed by atoms with E-state index in [1.54, 1.807) is 28.5 Å². The number of rotatable bonds is 5. The van der Waals surface area contributed by atoms with Gasteiger partial charge in [-0.25, -0.2) is 4.98 Å². The summed E-state index contributed by atoms with van der Waals surface area (Å²) >= 11 is 6.56. The quantitative estimate of drug-likeness (QED) is 0.436. The summed E-state index contributed by atoms with van der Waals surface area (Å²) in [4.78, 5) is 22.9. The van der Waals surface area contributed by atoms with Gasteiger partial charge in [0, 0.05) is 13.7 Å². The van der Waals surface area contributed by atoms with Crippen LogP contribution in [0.5, 0.6) is 0 Å². The Kier molecular flexibility index (Phi) is 5.01. The molecule has 0 bridgehead atoms. The zero-order valence-electron chi connectivity index (χ0n) is 18.3. The standard InChI is InChI=1S/C23H24ClN5O4/c1-31-23(9-2-3-10-23)22-26-20(27-33-22)17-19-21(30)28(12-14-6-5-11-32-14)18-15(24)7-4-8-16(18)29(19)13-25-17/h4,7-8,13-14H,2-3,5-6,9-12H2,1H3. The first-order chi connectivity index (χ1) is 16.1. The fraction of sp³-hybridized carbons (Fsp3) is 0.478. The molecule has 2 fully saturated rings. The zero-order chi connectivity index (χ0) is 22.6. The lowest BCUT2D eigenvalue weighted by molar-refractivity contribution is -0.0342. The molecule has 33 heavy (non-hydrogen) atoms. The molecular formula is C23H24ClN5O4. The van der Waals surface area contributed by atoms with Crippen LogP contribution < -0.4 is 5.56 Å². The van der Waals surface area contributed by atoms with Crippen molar-refractivity contribution in [2.75, 3.05) is 13.7 Å². The second-order valence-electron chi connectivity index (χ2n) is 8.80. The number of benzene rings is 1. The number of halogens is 1. The Balaban J connectivity index is 1.55. The summed E-state index contributed by atoms with van der Waals surface area (Å²) in [5.74, 6) is 0.708. The summed E-state index contributed by atoms with van der Waals surface area (Å²) in [6, 6.07) is 5.57. The summed E-state index contributed by atoms with van der Waals surface area (Å²) in [7, 11) is 1.67. The number of nitrogens with zero attached hydrogens (tertiary/aromatic N) is 5. The number of aromatic nitrogens is 5. The maximum absolute atomic E-state index is 13.8. The van der Waals surface area contributed by atoms with Gasteiger partial charge >= 0.3 is 0 Å². The normalized spacial score (nSPS) is 20.4. The molecule has 1 unspecified atom stereocenters. The highest BCUT2D eigenvalue weighted by Gasteiger charge is 2.41. The summed E-state index contributed by atoms with van der Waals surface area (Å²) in [5, 5.41) is 4.68. The Morgan fingerprint density at radius 2 is 2.09 bits per heavy atom. The summed E-state index contributed by atoms with van der Waals surface area (Å²) in [6.07, 6.45) is 7.20. The first kappa shape index (κ1) is 20.8. The third kappa shape index (κ3) is 3.21. The second-order valence-corrected chi connectivity index (χ2v) is 9.21. The predicted molar refractivity (Wildman–Crippen MR) is 121 cm³/mol. The van der Waals surface area contributed by atoms with Crippen molar-refractivity contribution < 1.29 is 14.0 Å². The van der Waals surface area contributed by atoms with Gasteiger partial charge in [-0.15, -0.1) is 0 Å². The van der Waals surface area contributed by atoms with Crippen LogP contribution in [0, 0.1) is 0 Å². The highest BCUT2D eigenvalue weighted by atomic mass is 35.5. The van der Waals surface area contributed by atoms with E-state index in [2.05, 4.69) is 15.1 Å². The molecular weight excluding hydrogens is 446 g/mol. The predicted octanol–water partition coefficient (Wildman–Crippen LogP) is 3.95. The highest BCUT2D eigenvalue weighted by molar-refractivity contribution is 6.35. The lowest BCUT2D eigenvalue weighted by Crippen LogP contribution is -2.28. The van der Waals surface area contributed by atoms with Crippen molar-refractivity contribution in [1.29, 1.82) is 0 Å². The Labute approximate surface area is 194 Å². The van der Waals surface area contributed by atoms with Crippen LogP contribution in [-0.2, 0) is 21.6 Å². The zero-order valence-corrected chi connectivity index (χ0v) is 19.0. The van der Waals surface area contributed by atoms with Gasteiger partial charge in [-0.05, 0) is 50.7 Å². The van der Waals surface area contributed by atoms with Gasteiger partial charge in [-0.1, -0.05) is 22.8 Å². The van der Waals surface area contributed by atoms with E-state index in [0.717, 1.165) is 44.0 Å². The molecule has 1 aliphatic carbocycles. The minimum atomic E-state index is -0.568. The third-order valence-corrected chi connectivity index (χ3v) is 7.25. The van der Waals surface area contributed by atoms with Crippen molar-refractivity contribution in [1.82, 2.24) is 24.1 Å². The van der Waals surface area contributed by atoms with Crippen molar-refractivity contribution in [3.63, 3.8) is 0 Å². The molecule has 0 radical (unpaired) electrons. The molecule has 1 aromatic carbocycles. The van der Waals surface area contributed by atoms with Gasteiger partial charge in [-0.2, -0.15) is 4.98 Å². The van der Waals surface area contributed by atoms with Gasteiger partial charge in [0.1, 0.15) is 23.1 Å². The Morgan fingerprint density at radius 3 is 2.85 bits per heavy atom. The molecule has 3 aromatic heterocycles. The van der Waals surface area contributed by atoms with Gasteiger partial charge in [0.05, 0.1) is 28.7 Å². The van der Waals surface area contributed by atoms with E-state index in [9.17, 15) is 4.79 Å². The van der Waals surface area contributed by atoms with E-state index in [1.807, 2.05) is 12.1 Å². The van der Waals surface area contributed by atoms with Crippen molar-refractivity contribution in [2.24, 2.45) is 0 Å². The minimum absolute atomic E-state index is 0.0308. The van der Waals surface area contributed by atoms with E-state index in [-0.39, 0.29) is 17.5 Å². The number of hydrogen-bond donors (Lipinski definition) is 0. The van der Waals surface area contributed by atoms with Gasteiger partial charge < -0.3 is 18.6 Å². The van der Waals surface area contributed by atoms with E-state index >= 15 is 0 Å². The molecule has 0 amide bonds. The molecule has 1 saturated heterocycles. The molecule has 4 aromatic rings. The maximum Gasteiger partial charge on any atom is 0.277 e. The molecule has 0 N–H and O–H groups in total. The van der Waals surface area contributed by atoms with Crippen LogP contribution in [0.4, 0.5) is 0 Å². The average Bonchev–Trinajstić information content (AvgIpc) is 3.61. The van der Waals surface area contributed by atoms with Crippen LogP contribution in [-0.4, -0.2) is 43.9 Å². The van der Waals surface area contributed by atoms with E-state index < -0.39 is 5.60 Å². The smallest absolute Gasteiger partial charge is 0.277 e. The van der Waals surface area contributed by atoms with E-state index in [4.69, 9.17) is 25.6 Å². The maximum atomic E-state index is 13.8. The number of methoxy groups -OCH3 is 1. The van der Waals surface area contributed by atoms with Crippen LogP contribution in [0.1, 0.15) is 44.4 Å².